The van der Waals surface area contributed by atoms with Crippen LogP contribution in [0.15, 0.2) is 71.9 Å². The summed E-state index contributed by atoms with van der Waals surface area (Å²) < 4.78 is 52.5. The van der Waals surface area contributed by atoms with E-state index in [2.05, 4.69) is 21.8 Å². The maximum absolute atomic E-state index is 15.2. The van der Waals surface area contributed by atoms with E-state index in [1.807, 2.05) is 12.3 Å². The molecule has 5 rings (SSSR count). The lowest BCUT2D eigenvalue weighted by Gasteiger charge is -2.18. The Kier molecular flexibility index (Phi) is 8.25. The van der Waals surface area contributed by atoms with Gasteiger partial charge in [-0.05, 0) is 48.6 Å². The van der Waals surface area contributed by atoms with Gasteiger partial charge in [0, 0.05) is 46.9 Å². The number of carbonyl (C=O) groups is 1. The van der Waals surface area contributed by atoms with Gasteiger partial charge in [-0.1, -0.05) is 37.4 Å². The standard InChI is InChI=1S/C30H26F3N3O2S.CH4/c1-39(2,3)30-22-11-13-34-27(22)17-25(32)29(30)38-21-9-10-24(31)23(16-21)26-12-14-36(35-26)18-20-7-4-6-19(28(20)33)8-5-15-37;/h4,6-7,9-17,34H,1-2,5,8,18H2,3H3;1H4. The van der Waals surface area contributed by atoms with Crippen LogP contribution in [0.3, 0.4) is 0 Å². The highest BCUT2D eigenvalue weighted by Gasteiger charge is 2.20. The second kappa shape index (κ2) is 11.5. The fraction of sp³-hybridized carbons (Fsp3) is 0.161. The van der Waals surface area contributed by atoms with Crippen molar-refractivity contribution in [3.63, 3.8) is 0 Å². The number of aldehydes is 1. The van der Waals surface area contributed by atoms with Gasteiger partial charge in [-0.3, -0.25) is 4.68 Å². The summed E-state index contributed by atoms with van der Waals surface area (Å²) in [5.41, 5.74) is 1.92. The Balaban J connectivity index is 0.00000370. The molecule has 0 aliphatic rings. The van der Waals surface area contributed by atoms with Crippen molar-refractivity contribution in [1.82, 2.24) is 14.8 Å². The number of nitrogens with zero attached hydrogens (tertiary/aromatic N) is 2. The van der Waals surface area contributed by atoms with Gasteiger partial charge in [-0.15, -0.1) is 0 Å². The molecular weight excluding hydrogens is 535 g/mol. The smallest absolute Gasteiger partial charge is 0.176 e. The summed E-state index contributed by atoms with van der Waals surface area (Å²) in [6.45, 7) is 0.123. The summed E-state index contributed by atoms with van der Waals surface area (Å²) in [4.78, 5) is 14.2. The molecule has 0 radical (unpaired) electrons. The number of fused-ring (bicyclic) bond motifs is 1. The van der Waals surface area contributed by atoms with E-state index >= 15 is 4.39 Å². The first kappa shape index (κ1) is 28.8. The minimum atomic E-state index is -1.90. The van der Waals surface area contributed by atoms with E-state index in [0.717, 1.165) is 11.7 Å². The highest BCUT2D eigenvalue weighted by molar-refractivity contribution is 8.27. The van der Waals surface area contributed by atoms with Crippen LogP contribution in [0.2, 0.25) is 0 Å². The van der Waals surface area contributed by atoms with Crippen molar-refractivity contribution in [1.29, 1.82) is 0 Å². The van der Waals surface area contributed by atoms with Crippen LogP contribution in [0.1, 0.15) is 25.0 Å². The van der Waals surface area contributed by atoms with Crippen LogP contribution in [0, 0.1) is 17.5 Å². The van der Waals surface area contributed by atoms with Crippen molar-refractivity contribution in [2.75, 3.05) is 6.26 Å². The van der Waals surface area contributed by atoms with Gasteiger partial charge < -0.3 is 14.5 Å². The zero-order valence-corrected chi connectivity index (χ0v) is 22.0. The van der Waals surface area contributed by atoms with Gasteiger partial charge in [0.25, 0.3) is 0 Å². The lowest BCUT2D eigenvalue weighted by molar-refractivity contribution is -0.107. The van der Waals surface area contributed by atoms with Crippen LogP contribution in [-0.4, -0.2) is 39.0 Å². The maximum Gasteiger partial charge on any atom is 0.176 e. The van der Waals surface area contributed by atoms with Gasteiger partial charge in [0.2, 0.25) is 0 Å². The minimum absolute atomic E-state index is 0. The second-order valence-corrected chi connectivity index (χ2v) is 12.4. The average molecular weight is 566 g/mol. The molecule has 0 saturated heterocycles. The number of benzene rings is 3. The van der Waals surface area contributed by atoms with E-state index in [-0.39, 0.29) is 43.3 Å². The first-order chi connectivity index (χ1) is 18.7. The third-order valence-electron chi connectivity index (χ3n) is 6.31. The summed E-state index contributed by atoms with van der Waals surface area (Å²) in [6.07, 6.45) is 6.47. The van der Waals surface area contributed by atoms with E-state index < -0.39 is 20.8 Å². The largest absolute Gasteiger partial charge is 0.453 e. The highest BCUT2D eigenvalue weighted by Crippen LogP contribution is 2.45. The zero-order valence-electron chi connectivity index (χ0n) is 21.2. The Morgan fingerprint density at radius 1 is 1.05 bits per heavy atom. The van der Waals surface area contributed by atoms with E-state index in [4.69, 9.17) is 4.74 Å². The number of carbonyl (C=O) groups excluding carboxylic acids is 1. The lowest BCUT2D eigenvalue weighted by atomic mass is 10.1. The summed E-state index contributed by atoms with van der Waals surface area (Å²) in [5.74, 6) is 7.01. The van der Waals surface area contributed by atoms with E-state index in [0.29, 0.717) is 33.7 Å². The van der Waals surface area contributed by atoms with Crippen LogP contribution in [-0.2, 0) is 17.8 Å². The van der Waals surface area contributed by atoms with Crippen LogP contribution in [0.5, 0.6) is 11.5 Å². The summed E-state index contributed by atoms with van der Waals surface area (Å²) in [7, 11) is -1.90. The molecule has 2 aromatic heterocycles. The Morgan fingerprint density at radius 2 is 1.82 bits per heavy atom. The average Bonchev–Trinajstić information content (AvgIpc) is 3.54. The fourth-order valence-corrected chi connectivity index (χ4v) is 5.82. The molecule has 0 aliphatic carbocycles. The van der Waals surface area contributed by atoms with E-state index in [1.54, 1.807) is 36.7 Å². The molecule has 0 saturated carbocycles. The lowest BCUT2D eigenvalue weighted by Crippen LogP contribution is -2.05. The van der Waals surface area contributed by atoms with Crippen molar-refractivity contribution in [2.24, 2.45) is 0 Å². The zero-order chi connectivity index (χ0) is 27.7. The molecule has 0 spiro atoms. The molecule has 5 nitrogen and oxygen atoms in total. The van der Waals surface area contributed by atoms with Crippen LogP contribution in [0.4, 0.5) is 13.2 Å². The number of aryl methyl sites for hydroxylation is 1. The first-order valence-corrected chi connectivity index (χ1v) is 14.5. The number of halogens is 3. The molecule has 0 fully saturated rings. The molecule has 0 bridgehead atoms. The fourth-order valence-electron chi connectivity index (χ4n) is 4.52. The van der Waals surface area contributed by atoms with Crippen molar-refractivity contribution >= 4 is 38.1 Å². The molecule has 0 unspecified atom stereocenters. The molecular formula is C31H30F3N3O2S. The monoisotopic (exact) mass is 565 g/mol. The molecule has 9 heteroatoms. The minimum Gasteiger partial charge on any atom is -0.453 e. The number of H-pyrrole nitrogens is 1. The Morgan fingerprint density at radius 3 is 2.58 bits per heavy atom. The summed E-state index contributed by atoms with van der Waals surface area (Å²) in [6, 6.07) is 13.9. The molecule has 208 valence electrons. The van der Waals surface area contributed by atoms with Crippen molar-refractivity contribution in [2.45, 2.75) is 31.7 Å². The second-order valence-electron chi connectivity index (χ2n) is 9.47. The quantitative estimate of drug-likeness (QED) is 0.147. The molecule has 40 heavy (non-hydrogen) atoms. The van der Waals surface area contributed by atoms with Crippen molar-refractivity contribution in [3.05, 3.63) is 95.6 Å². The number of hydrogen-bond acceptors (Lipinski definition) is 3. The highest BCUT2D eigenvalue weighted by atomic mass is 32.2. The van der Waals surface area contributed by atoms with Gasteiger partial charge in [-0.25, -0.2) is 13.2 Å². The Bertz CT molecular complexity index is 1810. The van der Waals surface area contributed by atoms with Crippen LogP contribution >= 0.6 is 9.21 Å². The topological polar surface area (TPSA) is 59.9 Å². The van der Waals surface area contributed by atoms with E-state index in [1.165, 1.54) is 28.9 Å². The Labute approximate surface area is 231 Å². The molecule has 0 atom stereocenters. The SMILES string of the molecule is C.C=S(=C)(C)c1c(Oc2ccc(F)c(-c3ccn(Cc4cccc(CCC=O)c4F)n3)c2)c(F)cc2[nH]ccc12. The molecule has 5 aromatic rings. The number of nitrogens with one attached hydrogen (secondary N) is 1. The van der Waals surface area contributed by atoms with Gasteiger partial charge in [0.1, 0.15) is 23.7 Å². The number of ether oxygens (including phenoxy) is 1. The normalized spacial score (nSPS) is 11.4. The predicted octanol–water partition coefficient (Wildman–Crippen LogP) is 7.71. The predicted molar refractivity (Wildman–Crippen MR) is 159 cm³/mol. The molecule has 3 aromatic carbocycles. The van der Waals surface area contributed by atoms with Crippen molar-refractivity contribution < 1.29 is 22.7 Å². The third kappa shape index (κ3) is 5.70. The van der Waals surface area contributed by atoms with Gasteiger partial charge in [0.05, 0.1) is 17.1 Å². The molecule has 0 aliphatic heterocycles. The number of hydrogen-bond donors (Lipinski definition) is 1. The number of aromatic nitrogens is 3. The summed E-state index contributed by atoms with van der Waals surface area (Å²) >= 11 is 0. The van der Waals surface area contributed by atoms with Crippen LogP contribution in [0.25, 0.3) is 22.2 Å². The van der Waals surface area contributed by atoms with Gasteiger partial charge in [-0.2, -0.15) is 14.3 Å². The van der Waals surface area contributed by atoms with E-state index in [9.17, 15) is 13.6 Å². The van der Waals surface area contributed by atoms with Gasteiger partial charge in [0.15, 0.2) is 11.6 Å². The Hall–Kier alpha value is -4.24. The van der Waals surface area contributed by atoms with Crippen LogP contribution < -0.4 is 4.74 Å². The molecule has 0 amide bonds. The maximum atomic E-state index is 15.2. The van der Waals surface area contributed by atoms with Gasteiger partial charge >= 0.3 is 0 Å². The molecule has 1 N–H and O–H groups in total. The third-order valence-corrected chi connectivity index (χ3v) is 7.70. The number of aromatic amines is 1. The first-order valence-electron chi connectivity index (χ1n) is 12.1. The number of rotatable bonds is 9. The molecule has 2 heterocycles. The summed E-state index contributed by atoms with van der Waals surface area (Å²) in [5, 5.41) is 5.19. The van der Waals surface area contributed by atoms with Crippen molar-refractivity contribution in [3.8, 4) is 22.8 Å².